The fourth-order valence-electron chi connectivity index (χ4n) is 2.00. The second kappa shape index (κ2) is 3.52. The average Bonchev–Trinajstić information content (AvgIpc) is 2.23. The Morgan fingerprint density at radius 1 is 1.50 bits per heavy atom. The van der Waals surface area contributed by atoms with Crippen molar-refractivity contribution >= 4 is 5.78 Å². The fraction of sp³-hybridized carbons (Fsp3) is 0.364. The van der Waals surface area contributed by atoms with E-state index >= 15 is 0 Å². The summed E-state index contributed by atoms with van der Waals surface area (Å²) in [4.78, 5) is 11.6. The second-order valence-corrected chi connectivity index (χ2v) is 3.60. The minimum absolute atomic E-state index is 0.0514. The highest BCUT2D eigenvalue weighted by Gasteiger charge is 2.24. The van der Waals surface area contributed by atoms with Gasteiger partial charge >= 0.3 is 0 Å². The summed E-state index contributed by atoms with van der Waals surface area (Å²) in [5.74, 6) is 0.136. The third kappa shape index (κ3) is 1.35. The largest absolute Gasteiger partial charge is 0.392 e. The minimum Gasteiger partial charge on any atom is -0.392 e. The van der Waals surface area contributed by atoms with Crippen LogP contribution in [0.25, 0.3) is 0 Å². The number of carbonyl (C=O) groups is 1. The maximum Gasteiger partial charge on any atom is 0.163 e. The summed E-state index contributed by atoms with van der Waals surface area (Å²) < 4.78 is 0. The van der Waals surface area contributed by atoms with E-state index in [4.69, 9.17) is 10.8 Å². The number of fused-ring (bicyclic) bond motifs is 1. The first-order chi connectivity index (χ1) is 6.74. The van der Waals surface area contributed by atoms with Gasteiger partial charge in [-0.25, -0.2) is 0 Å². The Balaban J connectivity index is 2.60. The van der Waals surface area contributed by atoms with E-state index in [0.29, 0.717) is 18.4 Å². The molecule has 1 atom stereocenters. The lowest BCUT2D eigenvalue weighted by molar-refractivity contribution is 0.0966. The SMILES string of the molecule is N[C@H]1CCC(=O)c2cccc(CO)c21. The molecule has 3 heteroatoms. The van der Waals surface area contributed by atoms with Crippen molar-refractivity contribution < 1.29 is 9.90 Å². The molecule has 0 aromatic heterocycles. The highest BCUT2D eigenvalue weighted by atomic mass is 16.3. The highest BCUT2D eigenvalue weighted by molar-refractivity contribution is 5.99. The van der Waals surface area contributed by atoms with E-state index in [0.717, 1.165) is 11.1 Å². The summed E-state index contributed by atoms with van der Waals surface area (Å²) in [6, 6.07) is 5.29. The summed E-state index contributed by atoms with van der Waals surface area (Å²) in [6.07, 6.45) is 1.20. The normalized spacial score (nSPS) is 20.7. The van der Waals surface area contributed by atoms with E-state index in [-0.39, 0.29) is 18.4 Å². The van der Waals surface area contributed by atoms with Gasteiger partial charge in [0.05, 0.1) is 6.61 Å². The molecule has 3 N–H and O–H groups in total. The number of hydrogen-bond donors (Lipinski definition) is 2. The molecule has 0 radical (unpaired) electrons. The molecule has 2 rings (SSSR count). The Morgan fingerprint density at radius 3 is 3.00 bits per heavy atom. The molecular formula is C11H13NO2. The van der Waals surface area contributed by atoms with Gasteiger partial charge in [0.1, 0.15) is 0 Å². The van der Waals surface area contributed by atoms with Gasteiger partial charge in [0.25, 0.3) is 0 Å². The van der Waals surface area contributed by atoms with Gasteiger partial charge in [-0.1, -0.05) is 18.2 Å². The molecule has 0 amide bonds. The van der Waals surface area contributed by atoms with Crippen molar-refractivity contribution in [1.29, 1.82) is 0 Å². The van der Waals surface area contributed by atoms with Crippen LogP contribution in [-0.2, 0) is 6.61 Å². The first-order valence-corrected chi connectivity index (χ1v) is 4.75. The molecule has 1 aliphatic carbocycles. The summed E-state index contributed by atoms with van der Waals surface area (Å²) in [7, 11) is 0. The predicted molar refractivity (Wildman–Crippen MR) is 52.9 cm³/mol. The van der Waals surface area contributed by atoms with Gasteiger partial charge in [0, 0.05) is 18.0 Å². The zero-order valence-electron chi connectivity index (χ0n) is 7.86. The van der Waals surface area contributed by atoms with E-state index in [1.54, 1.807) is 12.1 Å². The number of benzene rings is 1. The van der Waals surface area contributed by atoms with Crippen LogP contribution >= 0.6 is 0 Å². The molecule has 1 aromatic rings. The lowest BCUT2D eigenvalue weighted by Gasteiger charge is -2.23. The van der Waals surface area contributed by atoms with Crippen molar-refractivity contribution in [3.63, 3.8) is 0 Å². The van der Waals surface area contributed by atoms with E-state index in [9.17, 15) is 4.79 Å². The number of Topliss-reactive ketones (excluding diaryl/α,β-unsaturated/α-hetero) is 1. The third-order valence-electron chi connectivity index (χ3n) is 2.72. The van der Waals surface area contributed by atoms with E-state index in [1.807, 2.05) is 6.07 Å². The van der Waals surface area contributed by atoms with Gasteiger partial charge in [-0.2, -0.15) is 0 Å². The van der Waals surface area contributed by atoms with Crippen molar-refractivity contribution in [3.05, 3.63) is 34.9 Å². The van der Waals surface area contributed by atoms with E-state index < -0.39 is 0 Å². The first-order valence-electron chi connectivity index (χ1n) is 4.75. The predicted octanol–water partition coefficient (Wildman–Crippen LogP) is 1.16. The van der Waals surface area contributed by atoms with Crippen molar-refractivity contribution in [1.82, 2.24) is 0 Å². The Kier molecular flexibility index (Phi) is 2.35. The molecule has 0 saturated carbocycles. The number of rotatable bonds is 1. The number of nitrogens with two attached hydrogens (primary N) is 1. The van der Waals surface area contributed by atoms with Crippen LogP contribution in [0.4, 0.5) is 0 Å². The molecule has 0 fully saturated rings. The zero-order valence-corrected chi connectivity index (χ0v) is 7.86. The van der Waals surface area contributed by atoms with Crippen LogP contribution < -0.4 is 5.73 Å². The van der Waals surface area contributed by atoms with Crippen LogP contribution in [0.2, 0.25) is 0 Å². The molecule has 0 heterocycles. The molecule has 0 unspecified atom stereocenters. The first kappa shape index (κ1) is 9.37. The molecule has 1 aromatic carbocycles. The van der Waals surface area contributed by atoms with Gasteiger partial charge in [-0.3, -0.25) is 4.79 Å². The van der Waals surface area contributed by atoms with Crippen molar-refractivity contribution in [2.24, 2.45) is 5.73 Å². The van der Waals surface area contributed by atoms with E-state index in [2.05, 4.69) is 0 Å². The minimum atomic E-state index is -0.106. The Morgan fingerprint density at radius 2 is 2.29 bits per heavy atom. The number of ketones is 1. The lowest BCUT2D eigenvalue weighted by atomic mass is 9.84. The molecule has 14 heavy (non-hydrogen) atoms. The van der Waals surface area contributed by atoms with Gasteiger partial charge < -0.3 is 10.8 Å². The molecule has 0 bridgehead atoms. The summed E-state index contributed by atoms with van der Waals surface area (Å²) in [5.41, 5.74) is 8.23. The lowest BCUT2D eigenvalue weighted by Crippen LogP contribution is -2.23. The molecule has 0 saturated heterocycles. The molecule has 1 aliphatic rings. The highest BCUT2D eigenvalue weighted by Crippen LogP contribution is 2.30. The number of aliphatic hydroxyl groups excluding tert-OH is 1. The molecule has 3 nitrogen and oxygen atoms in total. The summed E-state index contributed by atoms with van der Waals surface area (Å²) >= 11 is 0. The van der Waals surface area contributed by atoms with Crippen LogP contribution in [-0.4, -0.2) is 10.9 Å². The molecule has 74 valence electrons. The topological polar surface area (TPSA) is 63.3 Å². The fourth-order valence-corrected chi connectivity index (χ4v) is 2.00. The monoisotopic (exact) mass is 191 g/mol. The number of hydrogen-bond acceptors (Lipinski definition) is 3. The Hall–Kier alpha value is -1.19. The van der Waals surface area contributed by atoms with Gasteiger partial charge in [0.15, 0.2) is 5.78 Å². The smallest absolute Gasteiger partial charge is 0.163 e. The van der Waals surface area contributed by atoms with Crippen LogP contribution in [0.3, 0.4) is 0 Å². The van der Waals surface area contributed by atoms with Gasteiger partial charge in [-0.05, 0) is 17.5 Å². The van der Waals surface area contributed by atoms with Crippen molar-refractivity contribution in [2.45, 2.75) is 25.5 Å². The maximum atomic E-state index is 11.6. The van der Waals surface area contributed by atoms with Crippen LogP contribution in [0, 0.1) is 0 Å². The zero-order chi connectivity index (χ0) is 10.1. The van der Waals surface area contributed by atoms with Gasteiger partial charge in [0.2, 0.25) is 0 Å². The van der Waals surface area contributed by atoms with E-state index in [1.165, 1.54) is 0 Å². The standard InChI is InChI=1S/C11H13NO2/c12-9-4-5-10(14)8-3-1-2-7(6-13)11(8)9/h1-3,9,13H,4-6,12H2/t9-/m0/s1. The van der Waals surface area contributed by atoms with Crippen LogP contribution in [0.5, 0.6) is 0 Å². The van der Waals surface area contributed by atoms with Crippen molar-refractivity contribution in [3.8, 4) is 0 Å². The molecule has 0 aliphatic heterocycles. The summed E-state index contributed by atoms with van der Waals surface area (Å²) in [5, 5.41) is 9.13. The van der Waals surface area contributed by atoms with Gasteiger partial charge in [-0.15, -0.1) is 0 Å². The van der Waals surface area contributed by atoms with Crippen molar-refractivity contribution in [2.75, 3.05) is 0 Å². The molecule has 0 spiro atoms. The Labute approximate surface area is 82.5 Å². The van der Waals surface area contributed by atoms with Crippen LogP contribution in [0.1, 0.15) is 40.4 Å². The third-order valence-corrected chi connectivity index (χ3v) is 2.72. The number of carbonyl (C=O) groups excluding carboxylic acids is 1. The summed E-state index contributed by atoms with van der Waals surface area (Å²) in [6.45, 7) is -0.0514. The quantitative estimate of drug-likeness (QED) is 0.700. The average molecular weight is 191 g/mol. The second-order valence-electron chi connectivity index (χ2n) is 3.60. The Bertz CT molecular complexity index is 374. The maximum absolute atomic E-state index is 11.6. The number of aliphatic hydroxyl groups is 1. The molecular weight excluding hydrogens is 178 g/mol. The van der Waals surface area contributed by atoms with Crippen LogP contribution in [0.15, 0.2) is 18.2 Å².